The minimum Gasteiger partial charge on any atom is -0.481 e. The molecule has 2 atom stereocenters. The fraction of sp³-hybridized carbons (Fsp3) is 0.923. The summed E-state index contributed by atoms with van der Waals surface area (Å²) in [4.78, 5) is 15.9. The Kier molecular flexibility index (Phi) is 3.09. The Morgan fingerprint density at radius 1 is 1.24 bits per heavy atom. The first kappa shape index (κ1) is 11.5. The van der Waals surface area contributed by atoms with Crippen LogP contribution in [0.5, 0.6) is 0 Å². The molecule has 0 spiro atoms. The van der Waals surface area contributed by atoms with E-state index in [0.29, 0.717) is 18.5 Å². The van der Waals surface area contributed by atoms with E-state index in [1.807, 2.05) is 0 Å². The van der Waals surface area contributed by atoms with Crippen LogP contribution in [0.2, 0.25) is 0 Å². The molecule has 0 radical (unpaired) electrons. The van der Waals surface area contributed by atoms with Crippen molar-refractivity contribution in [2.24, 2.45) is 0 Å². The number of rotatable bonds is 5. The molecular formula is C13H22N2O2. The Hall–Kier alpha value is -0.610. The van der Waals surface area contributed by atoms with Gasteiger partial charge in [-0.05, 0) is 38.6 Å². The van der Waals surface area contributed by atoms with E-state index in [-0.39, 0.29) is 0 Å². The van der Waals surface area contributed by atoms with Crippen molar-refractivity contribution in [3.05, 3.63) is 0 Å². The minimum atomic E-state index is -0.656. The summed E-state index contributed by atoms with van der Waals surface area (Å²) >= 11 is 0. The van der Waals surface area contributed by atoms with Crippen LogP contribution in [0.1, 0.15) is 38.5 Å². The SMILES string of the molecule is O=C(O)CCN(C1CC1)C1CCN2CCCC12. The summed E-state index contributed by atoms with van der Waals surface area (Å²) < 4.78 is 0. The van der Waals surface area contributed by atoms with Crippen molar-refractivity contribution in [1.82, 2.24) is 9.80 Å². The molecule has 1 aliphatic carbocycles. The summed E-state index contributed by atoms with van der Waals surface area (Å²) in [6.45, 7) is 3.25. The third-order valence-corrected chi connectivity index (χ3v) is 4.60. The van der Waals surface area contributed by atoms with Crippen molar-refractivity contribution < 1.29 is 9.90 Å². The molecule has 3 fully saturated rings. The highest BCUT2D eigenvalue weighted by atomic mass is 16.4. The number of carboxylic acids is 1. The van der Waals surface area contributed by atoms with Crippen LogP contribution in [0.25, 0.3) is 0 Å². The maximum atomic E-state index is 10.8. The summed E-state index contributed by atoms with van der Waals surface area (Å²) in [7, 11) is 0. The topological polar surface area (TPSA) is 43.8 Å². The zero-order valence-corrected chi connectivity index (χ0v) is 10.3. The zero-order chi connectivity index (χ0) is 11.8. The number of carboxylic acid groups (broad SMARTS) is 1. The predicted molar refractivity (Wildman–Crippen MR) is 65.0 cm³/mol. The standard InChI is InChI=1S/C13H22N2O2/c16-13(17)6-9-15(10-3-4-10)12-5-8-14-7-1-2-11(12)14/h10-12H,1-9H2,(H,16,17). The third kappa shape index (κ3) is 2.33. The molecule has 2 aliphatic heterocycles. The van der Waals surface area contributed by atoms with Crippen LogP contribution in [0.15, 0.2) is 0 Å². The first-order valence-corrected chi connectivity index (χ1v) is 6.97. The lowest BCUT2D eigenvalue weighted by Crippen LogP contribution is -2.44. The molecule has 2 heterocycles. The zero-order valence-electron chi connectivity index (χ0n) is 10.3. The Labute approximate surface area is 103 Å². The molecule has 17 heavy (non-hydrogen) atoms. The van der Waals surface area contributed by atoms with E-state index in [1.165, 1.54) is 45.2 Å². The summed E-state index contributed by atoms with van der Waals surface area (Å²) in [5.74, 6) is -0.656. The second kappa shape index (κ2) is 4.58. The van der Waals surface area contributed by atoms with Crippen LogP contribution >= 0.6 is 0 Å². The molecule has 0 aromatic heterocycles. The van der Waals surface area contributed by atoms with Crippen LogP contribution in [-0.4, -0.2) is 58.6 Å². The summed E-state index contributed by atoms with van der Waals surface area (Å²) in [5, 5.41) is 8.86. The van der Waals surface area contributed by atoms with E-state index in [1.54, 1.807) is 0 Å². The molecule has 1 saturated carbocycles. The molecule has 0 aromatic rings. The monoisotopic (exact) mass is 238 g/mol. The Morgan fingerprint density at radius 2 is 2.06 bits per heavy atom. The molecule has 96 valence electrons. The highest BCUT2D eigenvalue weighted by molar-refractivity contribution is 5.66. The van der Waals surface area contributed by atoms with E-state index in [9.17, 15) is 4.79 Å². The maximum Gasteiger partial charge on any atom is 0.304 e. The number of hydrogen-bond donors (Lipinski definition) is 1. The van der Waals surface area contributed by atoms with Crippen molar-refractivity contribution in [2.75, 3.05) is 19.6 Å². The van der Waals surface area contributed by atoms with Crippen LogP contribution in [0.4, 0.5) is 0 Å². The van der Waals surface area contributed by atoms with Gasteiger partial charge in [-0.15, -0.1) is 0 Å². The van der Waals surface area contributed by atoms with E-state index in [4.69, 9.17) is 5.11 Å². The van der Waals surface area contributed by atoms with Crippen molar-refractivity contribution in [2.45, 2.75) is 56.7 Å². The Morgan fingerprint density at radius 3 is 2.76 bits per heavy atom. The van der Waals surface area contributed by atoms with Gasteiger partial charge in [0.05, 0.1) is 6.42 Å². The molecule has 3 rings (SSSR count). The summed E-state index contributed by atoms with van der Waals surface area (Å²) in [6.07, 6.45) is 6.77. The third-order valence-electron chi connectivity index (χ3n) is 4.60. The molecule has 0 amide bonds. The second-order valence-corrected chi connectivity index (χ2v) is 5.71. The van der Waals surface area contributed by atoms with Gasteiger partial charge in [0.1, 0.15) is 0 Å². The van der Waals surface area contributed by atoms with E-state index in [0.717, 1.165) is 12.6 Å². The maximum absolute atomic E-state index is 10.8. The van der Waals surface area contributed by atoms with E-state index in [2.05, 4.69) is 9.80 Å². The number of aliphatic carboxylic acids is 1. The van der Waals surface area contributed by atoms with Crippen LogP contribution in [0.3, 0.4) is 0 Å². The van der Waals surface area contributed by atoms with Gasteiger partial charge in [-0.3, -0.25) is 14.6 Å². The van der Waals surface area contributed by atoms with Gasteiger partial charge in [0, 0.05) is 31.2 Å². The van der Waals surface area contributed by atoms with Crippen LogP contribution < -0.4 is 0 Å². The van der Waals surface area contributed by atoms with Gasteiger partial charge in [-0.1, -0.05) is 0 Å². The normalized spacial score (nSPS) is 33.2. The fourth-order valence-corrected chi connectivity index (χ4v) is 3.69. The lowest BCUT2D eigenvalue weighted by atomic mass is 10.0. The molecule has 2 saturated heterocycles. The predicted octanol–water partition coefficient (Wildman–Crippen LogP) is 1.16. The second-order valence-electron chi connectivity index (χ2n) is 5.71. The van der Waals surface area contributed by atoms with Crippen LogP contribution in [-0.2, 0) is 4.79 Å². The molecule has 2 unspecified atom stereocenters. The number of carbonyl (C=O) groups is 1. The highest BCUT2D eigenvalue weighted by Crippen LogP contribution is 2.37. The number of nitrogens with zero attached hydrogens (tertiary/aromatic N) is 2. The average molecular weight is 238 g/mol. The first-order valence-electron chi connectivity index (χ1n) is 6.97. The Bertz CT molecular complexity index is 304. The summed E-state index contributed by atoms with van der Waals surface area (Å²) in [6, 6.07) is 2.06. The van der Waals surface area contributed by atoms with E-state index < -0.39 is 5.97 Å². The Balaban J connectivity index is 1.64. The van der Waals surface area contributed by atoms with Gasteiger partial charge in [0.15, 0.2) is 0 Å². The molecule has 0 bridgehead atoms. The molecule has 3 aliphatic rings. The fourth-order valence-electron chi connectivity index (χ4n) is 3.69. The molecule has 0 aromatic carbocycles. The van der Waals surface area contributed by atoms with Crippen molar-refractivity contribution in [3.63, 3.8) is 0 Å². The van der Waals surface area contributed by atoms with Gasteiger partial charge in [0.25, 0.3) is 0 Å². The average Bonchev–Trinajstić information content (AvgIpc) is 2.88. The smallest absolute Gasteiger partial charge is 0.304 e. The molecule has 4 nitrogen and oxygen atoms in total. The first-order chi connectivity index (χ1) is 8.25. The van der Waals surface area contributed by atoms with Gasteiger partial charge in [-0.25, -0.2) is 0 Å². The van der Waals surface area contributed by atoms with Gasteiger partial charge >= 0.3 is 5.97 Å². The molecular weight excluding hydrogens is 216 g/mol. The number of fused-ring (bicyclic) bond motifs is 1. The van der Waals surface area contributed by atoms with Gasteiger partial charge in [0.2, 0.25) is 0 Å². The quantitative estimate of drug-likeness (QED) is 0.780. The minimum absolute atomic E-state index is 0.305. The van der Waals surface area contributed by atoms with Gasteiger partial charge in [-0.2, -0.15) is 0 Å². The highest BCUT2D eigenvalue weighted by Gasteiger charge is 2.44. The lowest BCUT2D eigenvalue weighted by Gasteiger charge is -2.32. The van der Waals surface area contributed by atoms with Crippen molar-refractivity contribution >= 4 is 5.97 Å². The van der Waals surface area contributed by atoms with E-state index >= 15 is 0 Å². The lowest BCUT2D eigenvalue weighted by molar-refractivity contribution is -0.137. The van der Waals surface area contributed by atoms with Crippen LogP contribution in [0, 0.1) is 0 Å². The number of hydrogen-bond acceptors (Lipinski definition) is 3. The summed E-state index contributed by atoms with van der Waals surface area (Å²) in [5.41, 5.74) is 0. The van der Waals surface area contributed by atoms with Crippen molar-refractivity contribution in [3.8, 4) is 0 Å². The van der Waals surface area contributed by atoms with Crippen molar-refractivity contribution in [1.29, 1.82) is 0 Å². The molecule has 1 N–H and O–H groups in total. The largest absolute Gasteiger partial charge is 0.481 e. The van der Waals surface area contributed by atoms with Gasteiger partial charge < -0.3 is 5.11 Å². The molecule has 4 heteroatoms.